The van der Waals surface area contributed by atoms with E-state index in [0.29, 0.717) is 6.42 Å². The molecular weight excluding hydrogens is 435 g/mol. The van der Waals surface area contributed by atoms with Gasteiger partial charge in [-0.15, -0.1) is 13.2 Å². The molecule has 0 heterocycles. The number of hydrogen-bond donors (Lipinski definition) is 0. The van der Waals surface area contributed by atoms with Crippen LogP contribution in [0.3, 0.4) is 0 Å². The summed E-state index contributed by atoms with van der Waals surface area (Å²) in [6, 6.07) is 14.4. The lowest BCUT2D eigenvalue weighted by molar-refractivity contribution is -0.275. The highest BCUT2D eigenvalue weighted by Gasteiger charge is 2.32. The lowest BCUT2D eigenvalue weighted by Crippen LogP contribution is -2.17. The van der Waals surface area contributed by atoms with Gasteiger partial charge in [-0.1, -0.05) is 49.8 Å². The fourth-order valence-corrected chi connectivity index (χ4v) is 4.10. The number of alkyl halides is 3. The number of ether oxygens (including phenoxy) is 1. The molecule has 0 unspecified atom stereocenters. The average molecular weight is 458 g/mol. The zero-order valence-corrected chi connectivity index (χ0v) is 18.1. The molecule has 0 spiro atoms. The SMILES string of the molecule is CCCCc1ccc(C2=Cc3cc(F)c(-c4ccc(OC(F)(F)F)c(F)c4)cc3CC2)cc1. The quantitative estimate of drug-likeness (QED) is 0.337. The van der Waals surface area contributed by atoms with Crippen LogP contribution >= 0.6 is 0 Å². The average Bonchev–Trinajstić information content (AvgIpc) is 2.78. The number of aryl methyl sites for hydroxylation is 2. The van der Waals surface area contributed by atoms with Crippen molar-refractivity contribution >= 4 is 11.6 Å². The Hall–Kier alpha value is -3.15. The van der Waals surface area contributed by atoms with E-state index in [4.69, 9.17) is 0 Å². The third-order valence-corrected chi connectivity index (χ3v) is 5.83. The van der Waals surface area contributed by atoms with Gasteiger partial charge in [0.15, 0.2) is 11.6 Å². The van der Waals surface area contributed by atoms with Crippen molar-refractivity contribution in [2.45, 2.75) is 45.4 Å². The Labute approximate surface area is 189 Å². The standard InChI is InChI=1S/C27H23F5O/c1-2-3-4-17-5-7-18(8-6-17)19-9-10-20-14-23(24(28)16-22(20)13-19)21-11-12-26(25(29)15-21)33-27(30,31)32/h5-8,11-16H,2-4,9-10H2,1H3. The van der Waals surface area contributed by atoms with Gasteiger partial charge in [-0.3, -0.25) is 0 Å². The molecule has 0 aromatic heterocycles. The van der Waals surface area contributed by atoms with E-state index in [1.807, 2.05) is 6.08 Å². The van der Waals surface area contributed by atoms with Gasteiger partial charge in [0.25, 0.3) is 0 Å². The number of benzene rings is 3. The molecule has 1 nitrogen and oxygen atoms in total. The molecule has 172 valence electrons. The van der Waals surface area contributed by atoms with Gasteiger partial charge in [0.05, 0.1) is 0 Å². The van der Waals surface area contributed by atoms with Crippen LogP contribution in [0.4, 0.5) is 22.0 Å². The molecule has 3 aromatic rings. The van der Waals surface area contributed by atoms with Crippen LogP contribution in [-0.4, -0.2) is 6.36 Å². The number of fused-ring (bicyclic) bond motifs is 1. The fraction of sp³-hybridized carbons (Fsp3) is 0.259. The van der Waals surface area contributed by atoms with E-state index < -0.39 is 23.7 Å². The van der Waals surface area contributed by atoms with Crippen molar-refractivity contribution in [3.63, 3.8) is 0 Å². The summed E-state index contributed by atoms with van der Waals surface area (Å²) in [4.78, 5) is 0. The maximum absolute atomic E-state index is 14.9. The highest BCUT2D eigenvalue weighted by atomic mass is 19.4. The number of hydrogen-bond acceptors (Lipinski definition) is 1. The zero-order valence-electron chi connectivity index (χ0n) is 18.1. The van der Waals surface area contributed by atoms with Crippen LogP contribution in [0.2, 0.25) is 0 Å². The Morgan fingerprint density at radius 3 is 2.24 bits per heavy atom. The van der Waals surface area contributed by atoms with Gasteiger partial charge in [0.1, 0.15) is 5.82 Å². The maximum atomic E-state index is 14.9. The summed E-state index contributed by atoms with van der Waals surface area (Å²) >= 11 is 0. The Kier molecular flexibility index (Phi) is 6.54. The molecule has 0 N–H and O–H groups in total. The molecule has 0 fully saturated rings. The zero-order chi connectivity index (χ0) is 23.6. The van der Waals surface area contributed by atoms with Crippen LogP contribution in [0.25, 0.3) is 22.8 Å². The summed E-state index contributed by atoms with van der Waals surface area (Å²) in [6.45, 7) is 2.16. The lowest BCUT2D eigenvalue weighted by Gasteiger charge is -2.19. The molecule has 0 saturated carbocycles. The number of allylic oxidation sites excluding steroid dienone is 1. The van der Waals surface area contributed by atoms with Crippen LogP contribution < -0.4 is 4.74 Å². The summed E-state index contributed by atoms with van der Waals surface area (Å²) in [6.07, 6.45) is 1.78. The molecule has 1 aliphatic rings. The van der Waals surface area contributed by atoms with Gasteiger partial charge >= 0.3 is 6.36 Å². The molecule has 6 heteroatoms. The second-order valence-corrected chi connectivity index (χ2v) is 8.19. The Bertz CT molecular complexity index is 1180. The smallest absolute Gasteiger partial charge is 0.403 e. The lowest BCUT2D eigenvalue weighted by atomic mass is 9.86. The van der Waals surface area contributed by atoms with Gasteiger partial charge in [0, 0.05) is 5.56 Å². The van der Waals surface area contributed by atoms with Gasteiger partial charge in [0.2, 0.25) is 0 Å². The minimum atomic E-state index is -5.00. The summed E-state index contributed by atoms with van der Waals surface area (Å²) in [5.41, 5.74) is 5.48. The highest BCUT2D eigenvalue weighted by Crippen LogP contribution is 2.36. The van der Waals surface area contributed by atoms with Gasteiger partial charge in [-0.2, -0.15) is 0 Å². The molecule has 3 aromatic carbocycles. The van der Waals surface area contributed by atoms with Crippen molar-refractivity contribution in [3.05, 3.63) is 88.5 Å². The Morgan fingerprint density at radius 1 is 0.848 bits per heavy atom. The van der Waals surface area contributed by atoms with Gasteiger partial charge in [-0.25, -0.2) is 8.78 Å². The summed E-state index contributed by atoms with van der Waals surface area (Å²) in [5.74, 6) is -2.71. The molecule has 0 aliphatic heterocycles. The van der Waals surface area contributed by atoms with E-state index in [9.17, 15) is 22.0 Å². The van der Waals surface area contributed by atoms with Crippen molar-refractivity contribution in [2.24, 2.45) is 0 Å². The van der Waals surface area contributed by atoms with Gasteiger partial charge in [-0.05, 0) is 83.3 Å². The third kappa shape index (κ3) is 5.44. The van der Waals surface area contributed by atoms with E-state index in [1.165, 1.54) is 17.7 Å². The predicted molar refractivity (Wildman–Crippen MR) is 120 cm³/mol. The first-order valence-corrected chi connectivity index (χ1v) is 10.9. The Morgan fingerprint density at radius 2 is 1.58 bits per heavy atom. The van der Waals surface area contributed by atoms with Crippen LogP contribution in [0.1, 0.15) is 48.4 Å². The first-order valence-electron chi connectivity index (χ1n) is 10.9. The van der Waals surface area contributed by atoms with Crippen molar-refractivity contribution in [2.75, 3.05) is 0 Å². The molecule has 4 rings (SSSR count). The van der Waals surface area contributed by atoms with Crippen molar-refractivity contribution in [3.8, 4) is 16.9 Å². The minimum absolute atomic E-state index is 0.142. The van der Waals surface area contributed by atoms with E-state index in [-0.39, 0.29) is 11.1 Å². The van der Waals surface area contributed by atoms with Crippen molar-refractivity contribution in [1.29, 1.82) is 0 Å². The largest absolute Gasteiger partial charge is 0.573 e. The molecule has 0 amide bonds. The summed E-state index contributed by atoms with van der Waals surface area (Å²) in [7, 11) is 0. The fourth-order valence-electron chi connectivity index (χ4n) is 4.10. The summed E-state index contributed by atoms with van der Waals surface area (Å²) < 4.78 is 69.8. The minimum Gasteiger partial charge on any atom is -0.403 e. The maximum Gasteiger partial charge on any atom is 0.573 e. The Balaban J connectivity index is 1.59. The molecule has 1 aliphatic carbocycles. The monoisotopic (exact) mass is 458 g/mol. The van der Waals surface area contributed by atoms with Crippen LogP contribution in [0.15, 0.2) is 54.6 Å². The van der Waals surface area contributed by atoms with Crippen LogP contribution in [0.5, 0.6) is 5.75 Å². The number of unbranched alkanes of at least 4 members (excludes halogenated alkanes) is 1. The van der Waals surface area contributed by atoms with Crippen LogP contribution in [0, 0.1) is 11.6 Å². The molecule has 33 heavy (non-hydrogen) atoms. The van der Waals surface area contributed by atoms with Crippen LogP contribution in [-0.2, 0) is 12.8 Å². The van der Waals surface area contributed by atoms with E-state index >= 15 is 0 Å². The van der Waals surface area contributed by atoms with Gasteiger partial charge < -0.3 is 4.74 Å². The molecule has 0 atom stereocenters. The predicted octanol–water partition coefficient (Wildman–Crippen LogP) is 8.36. The second kappa shape index (κ2) is 9.38. The van der Waals surface area contributed by atoms with Crippen molar-refractivity contribution in [1.82, 2.24) is 0 Å². The number of halogens is 5. The van der Waals surface area contributed by atoms with E-state index in [0.717, 1.165) is 60.1 Å². The second-order valence-electron chi connectivity index (χ2n) is 8.19. The van der Waals surface area contributed by atoms with Crippen molar-refractivity contribution < 1.29 is 26.7 Å². The summed E-state index contributed by atoms with van der Waals surface area (Å²) in [5, 5.41) is 0. The topological polar surface area (TPSA) is 9.23 Å². The van der Waals surface area contributed by atoms with E-state index in [2.05, 4.69) is 35.9 Å². The number of rotatable bonds is 6. The highest BCUT2D eigenvalue weighted by molar-refractivity contribution is 5.85. The third-order valence-electron chi connectivity index (χ3n) is 5.83. The first kappa shape index (κ1) is 23.0. The first-order chi connectivity index (χ1) is 15.7. The molecule has 0 bridgehead atoms. The molecular formula is C27H23F5O. The molecule has 0 saturated heterocycles. The molecule has 0 radical (unpaired) electrons. The van der Waals surface area contributed by atoms with E-state index in [1.54, 1.807) is 6.07 Å². The normalized spacial score (nSPS) is 13.5.